The molecule has 122 valence electrons. The number of phenolic OH excluding ortho intramolecular Hbond substituents is 2. The highest BCUT2D eigenvalue weighted by Gasteiger charge is 2.24. The van der Waals surface area contributed by atoms with Crippen molar-refractivity contribution in [3.63, 3.8) is 0 Å². The van der Waals surface area contributed by atoms with Crippen molar-refractivity contribution < 1.29 is 10.2 Å². The van der Waals surface area contributed by atoms with Crippen molar-refractivity contribution in [3.8, 4) is 11.5 Å². The van der Waals surface area contributed by atoms with Crippen LogP contribution in [0, 0.1) is 0 Å². The number of hydrogen-bond donors (Lipinski definition) is 3. The minimum absolute atomic E-state index is 0. The fourth-order valence-electron chi connectivity index (χ4n) is 2.74. The van der Waals surface area contributed by atoms with E-state index >= 15 is 0 Å². The average molecular weight is 337 g/mol. The van der Waals surface area contributed by atoms with Gasteiger partial charge in [-0.3, -0.25) is 4.90 Å². The molecule has 0 saturated carbocycles. The first-order valence-corrected chi connectivity index (χ1v) is 7.19. The van der Waals surface area contributed by atoms with Gasteiger partial charge in [-0.25, -0.2) is 0 Å². The summed E-state index contributed by atoms with van der Waals surface area (Å²) in [4.78, 5) is 2.40. The van der Waals surface area contributed by atoms with Crippen LogP contribution in [0.25, 0.3) is 0 Å². The molecule has 0 radical (unpaired) electrons. The summed E-state index contributed by atoms with van der Waals surface area (Å²) in [6.07, 6.45) is 3.29. The van der Waals surface area contributed by atoms with Crippen LogP contribution in [0.1, 0.15) is 37.8 Å². The van der Waals surface area contributed by atoms with Crippen LogP contribution in [0.3, 0.4) is 0 Å². The second-order valence-electron chi connectivity index (χ2n) is 5.16. The number of benzene rings is 1. The summed E-state index contributed by atoms with van der Waals surface area (Å²) in [6.45, 7) is 6.13. The summed E-state index contributed by atoms with van der Waals surface area (Å²) in [6, 6.07) is 5.48. The fourth-order valence-corrected chi connectivity index (χ4v) is 2.74. The van der Waals surface area contributed by atoms with Crippen LogP contribution in [0.15, 0.2) is 18.2 Å². The van der Waals surface area contributed by atoms with Crippen molar-refractivity contribution in [2.45, 2.75) is 32.2 Å². The lowest BCUT2D eigenvalue weighted by molar-refractivity contribution is 0.160. The Hall–Kier alpha value is -0.680. The third-order valence-corrected chi connectivity index (χ3v) is 3.83. The number of para-hydroxylation sites is 1. The van der Waals surface area contributed by atoms with Gasteiger partial charge in [-0.15, -0.1) is 24.8 Å². The Bertz CT molecular complexity index is 413. The smallest absolute Gasteiger partial charge is 0.162 e. The Balaban J connectivity index is 0.00000200. The number of rotatable bonds is 5. The van der Waals surface area contributed by atoms with Gasteiger partial charge in [0.25, 0.3) is 0 Å². The molecule has 2 rings (SSSR count). The van der Waals surface area contributed by atoms with E-state index < -0.39 is 0 Å². The Morgan fingerprint density at radius 1 is 1.19 bits per heavy atom. The number of halogens is 2. The second kappa shape index (κ2) is 10.1. The van der Waals surface area contributed by atoms with E-state index in [0.717, 1.165) is 51.0 Å². The second-order valence-corrected chi connectivity index (χ2v) is 5.16. The van der Waals surface area contributed by atoms with Crippen molar-refractivity contribution >= 4 is 24.8 Å². The molecule has 1 aromatic rings. The summed E-state index contributed by atoms with van der Waals surface area (Å²) in [7, 11) is 0. The van der Waals surface area contributed by atoms with Gasteiger partial charge in [-0.05, 0) is 12.5 Å². The van der Waals surface area contributed by atoms with Crippen LogP contribution in [-0.4, -0.2) is 41.3 Å². The van der Waals surface area contributed by atoms with Crippen LogP contribution in [0.2, 0.25) is 0 Å². The SMILES string of the molecule is CCCC[C@H](c1cccc(O)c1O)N1CCNCC1.Cl.Cl. The van der Waals surface area contributed by atoms with Crippen LogP contribution in [0.4, 0.5) is 0 Å². The van der Waals surface area contributed by atoms with E-state index in [1.54, 1.807) is 0 Å². The molecule has 0 amide bonds. The van der Waals surface area contributed by atoms with Crippen molar-refractivity contribution in [2.24, 2.45) is 0 Å². The molecule has 0 aliphatic carbocycles. The number of piperazine rings is 1. The van der Waals surface area contributed by atoms with Crippen molar-refractivity contribution in [1.82, 2.24) is 10.2 Å². The summed E-state index contributed by atoms with van der Waals surface area (Å²) >= 11 is 0. The molecule has 1 aliphatic heterocycles. The molecular weight excluding hydrogens is 311 g/mol. The van der Waals surface area contributed by atoms with Gasteiger partial charge in [0.2, 0.25) is 0 Å². The molecule has 1 heterocycles. The molecule has 1 aliphatic rings. The van der Waals surface area contributed by atoms with E-state index in [4.69, 9.17) is 0 Å². The third-order valence-electron chi connectivity index (χ3n) is 3.83. The number of hydrogen-bond acceptors (Lipinski definition) is 4. The molecule has 0 spiro atoms. The molecule has 1 aromatic carbocycles. The summed E-state index contributed by atoms with van der Waals surface area (Å²) in [5.74, 6) is 0.0243. The predicted octanol–water partition coefficient (Wildman–Crippen LogP) is 3.08. The minimum atomic E-state index is -0.0193. The topological polar surface area (TPSA) is 55.7 Å². The first kappa shape index (κ1) is 20.3. The Kier molecular flexibility index (Phi) is 9.79. The molecule has 1 atom stereocenters. The number of aromatic hydroxyl groups is 2. The molecule has 0 unspecified atom stereocenters. The van der Waals surface area contributed by atoms with E-state index in [1.807, 2.05) is 12.1 Å². The highest BCUT2D eigenvalue weighted by molar-refractivity contribution is 5.85. The summed E-state index contributed by atoms with van der Waals surface area (Å²) < 4.78 is 0. The molecule has 4 nitrogen and oxygen atoms in total. The molecule has 1 saturated heterocycles. The molecule has 21 heavy (non-hydrogen) atoms. The van der Waals surface area contributed by atoms with Gasteiger partial charge >= 0.3 is 0 Å². The molecular formula is C15H26Cl2N2O2. The largest absolute Gasteiger partial charge is 0.504 e. The van der Waals surface area contributed by atoms with Gasteiger partial charge in [0.15, 0.2) is 11.5 Å². The molecule has 3 N–H and O–H groups in total. The zero-order valence-electron chi connectivity index (χ0n) is 12.4. The van der Waals surface area contributed by atoms with Gasteiger partial charge in [0.1, 0.15) is 0 Å². The molecule has 6 heteroatoms. The van der Waals surface area contributed by atoms with Gasteiger partial charge in [-0.2, -0.15) is 0 Å². The van der Waals surface area contributed by atoms with E-state index in [0.29, 0.717) is 0 Å². The monoisotopic (exact) mass is 336 g/mol. The quantitative estimate of drug-likeness (QED) is 0.723. The molecule has 0 bridgehead atoms. The lowest BCUT2D eigenvalue weighted by Crippen LogP contribution is -2.45. The summed E-state index contributed by atoms with van der Waals surface area (Å²) in [5, 5.41) is 23.1. The lowest BCUT2D eigenvalue weighted by Gasteiger charge is -2.35. The van der Waals surface area contributed by atoms with Crippen molar-refractivity contribution in [2.75, 3.05) is 26.2 Å². The number of nitrogens with zero attached hydrogens (tertiary/aromatic N) is 1. The van der Waals surface area contributed by atoms with E-state index in [1.165, 1.54) is 6.07 Å². The van der Waals surface area contributed by atoms with Gasteiger partial charge in [0, 0.05) is 37.8 Å². The van der Waals surface area contributed by atoms with E-state index in [2.05, 4.69) is 17.1 Å². The van der Waals surface area contributed by atoms with E-state index in [9.17, 15) is 10.2 Å². The zero-order valence-corrected chi connectivity index (χ0v) is 14.1. The number of phenols is 2. The van der Waals surface area contributed by atoms with Crippen molar-refractivity contribution in [3.05, 3.63) is 23.8 Å². The normalized spacial score (nSPS) is 16.6. The Labute approximate surface area is 139 Å². The van der Waals surface area contributed by atoms with Crippen LogP contribution < -0.4 is 5.32 Å². The van der Waals surface area contributed by atoms with Gasteiger partial charge in [-0.1, -0.05) is 31.9 Å². The Morgan fingerprint density at radius 3 is 2.48 bits per heavy atom. The number of unbranched alkanes of at least 4 members (excludes halogenated alkanes) is 1. The van der Waals surface area contributed by atoms with Gasteiger partial charge < -0.3 is 15.5 Å². The van der Waals surface area contributed by atoms with E-state index in [-0.39, 0.29) is 42.4 Å². The molecule has 0 aromatic heterocycles. The predicted molar refractivity (Wildman–Crippen MR) is 91.0 cm³/mol. The maximum Gasteiger partial charge on any atom is 0.162 e. The number of nitrogens with one attached hydrogen (secondary N) is 1. The standard InChI is InChI=1S/C15H24N2O2.2ClH/c1-2-3-6-13(17-10-8-16-9-11-17)12-5-4-7-14(18)15(12)19;;/h4-5,7,13,16,18-19H,2-3,6,8-11H2,1H3;2*1H/t13-;;/m1../s1. The minimum Gasteiger partial charge on any atom is -0.504 e. The van der Waals surface area contributed by atoms with Gasteiger partial charge in [0.05, 0.1) is 0 Å². The fraction of sp³-hybridized carbons (Fsp3) is 0.600. The highest BCUT2D eigenvalue weighted by atomic mass is 35.5. The Morgan fingerprint density at radius 2 is 1.86 bits per heavy atom. The maximum atomic E-state index is 10.1. The maximum absolute atomic E-state index is 10.1. The first-order valence-electron chi connectivity index (χ1n) is 7.19. The van der Waals surface area contributed by atoms with Crippen molar-refractivity contribution in [1.29, 1.82) is 0 Å². The van der Waals surface area contributed by atoms with Crippen LogP contribution in [0.5, 0.6) is 11.5 Å². The van der Waals surface area contributed by atoms with Crippen LogP contribution in [-0.2, 0) is 0 Å². The lowest BCUT2D eigenvalue weighted by atomic mass is 9.97. The summed E-state index contributed by atoms with van der Waals surface area (Å²) in [5.41, 5.74) is 0.857. The first-order chi connectivity index (χ1) is 9.24. The third kappa shape index (κ3) is 5.22. The zero-order chi connectivity index (χ0) is 13.7. The highest BCUT2D eigenvalue weighted by Crippen LogP contribution is 2.37. The average Bonchev–Trinajstić information content (AvgIpc) is 2.45. The molecule has 1 fully saturated rings. The van der Waals surface area contributed by atoms with Crippen LogP contribution >= 0.6 is 24.8 Å².